The molecule has 1 heterocycles. The smallest absolute Gasteiger partial charge is 0.310 e. The van der Waals surface area contributed by atoms with Crippen molar-refractivity contribution >= 4 is 33.3 Å². The number of amides is 1. The fourth-order valence-electron chi connectivity index (χ4n) is 1.59. The number of hydrogen-bond donors (Lipinski definition) is 2. The Morgan fingerprint density at radius 3 is 2.70 bits per heavy atom. The van der Waals surface area contributed by atoms with Crippen molar-refractivity contribution in [3.8, 4) is 0 Å². The Morgan fingerprint density at radius 1 is 1.35 bits per heavy atom. The highest BCUT2D eigenvalue weighted by atomic mass is 32.1. The number of halogens is 1. The molecule has 4 nitrogen and oxygen atoms in total. The molecule has 2 aromatic rings. The van der Waals surface area contributed by atoms with E-state index in [4.69, 9.17) is 5.11 Å². The van der Waals surface area contributed by atoms with Crippen molar-refractivity contribution in [3.63, 3.8) is 0 Å². The average Bonchev–Trinajstić information content (AvgIpc) is 2.78. The van der Waals surface area contributed by atoms with Gasteiger partial charge in [-0.25, -0.2) is 4.39 Å². The monoisotopic (exact) mass is 295 g/mol. The molecule has 0 bridgehead atoms. The SMILES string of the molecule is CC(C)(CNC(=O)c1cc2cc(F)ccc2s1)C(=O)O. The van der Waals surface area contributed by atoms with E-state index in [1.807, 2.05) is 0 Å². The van der Waals surface area contributed by atoms with Gasteiger partial charge in [-0.1, -0.05) is 0 Å². The molecule has 0 unspecified atom stereocenters. The lowest BCUT2D eigenvalue weighted by atomic mass is 9.94. The lowest BCUT2D eigenvalue weighted by molar-refractivity contribution is -0.146. The van der Waals surface area contributed by atoms with E-state index in [-0.39, 0.29) is 18.3 Å². The predicted molar refractivity (Wildman–Crippen MR) is 75.5 cm³/mol. The molecule has 6 heteroatoms. The van der Waals surface area contributed by atoms with Crippen LogP contribution in [0.2, 0.25) is 0 Å². The first-order chi connectivity index (χ1) is 9.29. The summed E-state index contributed by atoms with van der Waals surface area (Å²) in [7, 11) is 0. The number of carbonyl (C=O) groups is 2. The zero-order valence-corrected chi connectivity index (χ0v) is 11.9. The maximum atomic E-state index is 13.1. The van der Waals surface area contributed by atoms with Gasteiger partial charge in [0, 0.05) is 11.2 Å². The Kier molecular flexibility index (Phi) is 3.76. The van der Waals surface area contributed by atoms with E-state index in [1.165, 1.54) is 37.3 Å². The minimum atomic E-state index is -1.03. The third-order valence-electron chi connectivity index (χ3n) is 2.97. The number of carboxylic acids is 1. The van der Waals surface area contributed by atoms with Crippen molar-refractivity contribution in [1.82, 2.24) is 5.32 Å². The highest BCUT2D eigenvalue weighted by Crippen LogP contribution is 2.26. The molecule has 0 saturated carbocycles. The molecular formula is C14H14FNO3S. The van der Waals surface area contributed by atoms with Gasteiger partial charge in [0.1, 0.15) is 5.82 Å². The first-order valence-corrected chi connectivity index (χ1v) is 6.82. The summed E-state index contributed by atoms with van der Waals surface area (Å²) < 4.78 is 13.9. The highest BCUT2D eigenvalue weighted by Gasteiger charge is 2.27. The van der Waals surface area contributed by atoms with E-state index in [0.29, 0.717) is 10.3 Å². The second-order valence-electron chi connectivity index (χ2n) is 5.16. The largest absolute Gasteiger partial charge is 0.481 e. The van der Waals surface area contributed by atoms with Crippen LogP contribution in [-0.4, -0.2) is 23.5 Å². The summed E-state index contributed by atoms with van der Waals surface area (Å²) in [5, 5.41) is 12.2. The average molecular weight is 295 g/mol. The molecule has 106 valence electrons. The topological polar surface area (TPSA) is 66.4 Å². The highest BCUT2D eigenvalue weighted by molar-refractivity contribution is 7.20. The molecule has 1 aromatic carbocycles. The molecular weight excluding hydrogens is 281 g/mol. The molecule has 0 aliphatic heterocycles. The van der Waals surface area contributed by atoms with Gasteiger partial charge in [-0.15, -0.1) is 11.3 Å². The van der Waals surface area contributed by atoms with Gasteiger partial charge < -0.3 is 10.4 Å². The Morgan fingerprint density at radius 2 is 2.05 bits per heavy atom. The first-order valence-electron chi connectivity index (χ1n) is 6.00. The first kappa shape index (κ1) is 14.5. The number of hydrogen-bond acceptors (Lipinski definition) is 3. The lowest BCUT2D eigenvalue weighted by Gasteiger charge is -2.19. The van der Waals surface area contributed by atoms with E-state index in [1.54, 1.807) is 12.1 Å². The van der Waals surface area contributed by atoms with Crippen LogP contribution in [-0.2, 0) is 4.79 Å². The van der Waals surface area contributed by atoms with Crippen molar-refractivity contribution in [2.45, 2.75) is 13.8 Å². The summed E-state index contributed by atoms with van der Waals surface area (Å²) in [5.41, 5.74) is -1.03. The Bertz CT molecular complexity index is 678. The van der Waals surface area contributed by atoms with Crippen LogP contribution in [0.4, 0.5) is 4.39 Å². The Hall–Kier alpha value is -1.95. The molecule has 1 aromatic heterocycles. The molecule has 0 fully saturated rings. The zero-order chi connectivity index (χ0) is 14.9. The maximum absolute atomic E-state index is 13.1. The van der Waals surface area contributed by atoms with E-state index in [2.05, 4.69) is 5.32 Å². The van der Waals surface area contributed by atoms with Gasteiger partial charge in [0.15, 0.2) is 0 Å². The van der Waals surface area contributed by atoms with E-state index in [9.17, 15) is 14.0 Å². The van der Waals surface area contributed by atoms with E-state index >= 15 is 0 Å². The van der Waals surface area contributed by atoms with Gasteiger partial charge in [0.25, 0.3) is 5.91 Å². The van der Waals surface area contributed by atoms with E-state index in [0.717, 1.165) is 4.70 Å². The maximum Gasteiger partial charge on any atom is 0.310 e. The second kappa shape index (κ2) is 5.20. The van der Waals surface area contributed by atoms with Gasteiger partial charge in [-0.2, -0.15) is 0 Å². The summed E-state index contributed by atoms with van der Waals surface area (Å²) in [4.78, 5) is 23.4. The fraction of sp³-hybridized carbons (Fsp3) is 0.286. The van der Waals surface area contributed by atoms with Gasteiger partial charge in [0.2, 0.25) is 0 Å². The van der Waals surface area contributed by atoms with Crippen LogP contribution in [0.3, 0.4) is 0 Å². The zero-order valence-electron chi connectivity index (χ0n) is 11.1. The summed E-state index contributed by atoms with van der Waals surface area (Å²) in [6, 6.07) is 5.93. The molecule has 2 rings (SSSR count). The summed E-state index contributed by atoms with van der Waals surface area (Å²) >= 11 is 1.25. The number of carbonyl (C=O) groups excluding carboxylic acids is 1. The fourth-order valence-corrected chi connectivity index (χ4v) is 2.55. The molecule has 0 radical (unpaired) electrons. The normalized spacial score (nSPS) is 11.6. The number of rotatable bonds is 4. The van der Waals surface area contributed by atoms with Crippen molar-refractivity contribution in [1.29, 1.82) is 0 Å². The lowest BCUT2D eigenvalue weighted by Crippen LogP contribution is -2.38. The molecule has 0 atom stereocenters. The second-order valence-corrected chi connectivity index (χ2v) is 6.25. The number of aliphatic carboxylic acids is 1. The molecule has 2 N–H and O–H groups in total. The molecule has 0 spiro atoms. The van der Waals surface area contributed by atoms with Crippen LogP contribution in [0.25, 0.3) is 10.1 Å². The minimum Gasteiger partial charge on any atom is -0.481 e. The quantitative estimate of drug-likeness (QED) is 0.911. The third kappa shape index (κ3) is 2.96. The number of nitrogens with one attached hydrogen (secondary N) is 1. The third-order valence-corrected chi connectivity index (χ3v) is 4.09. The van der Waals surface area contributed by atoms with Gasteiger partial charge in [-0.05, 0) is 43.5 Å². The van der Waals surface area contributed by atoms with Crippen LogP contribution in [0.5, 0.6) is 0 Å². The van der Waals surface area contributed by atoms with Crippen LogP contribution in [0, 0.1) is 11.2 Å². The van der Waals surface area contributed by atoms with Crippen LogP contribution < -0.4 is 5.32 Å². The number of benzene rings is 1. The molecule has 20 heavy (non-hydrogen) atoms. The summed E-state index contributed by atoms with van der Waals surface area (Å²) in [6.07, 6.45) is 0. The standard InChI is InChI=1S/C14H14FNO3S/c1-14(2,13(18)19)7-16-12(17)11-6-8-5-9(15)3-4-10(8)20-11/h3-6H,7H2,1-2H3,(H,16,17)(H,18,19). The van der Waals surface area contributed by atoms with Crippen molar-refractivity contribution < 1.29 is 19.1 Å². The molecule has 1 amide bonds. The summed E-state index contributed by atoms with van der Waals surface area (Å²) in [5.74, 6) is -1.67. The Balaban J connectivity index is 2.14. The van der Waals surface area contributed by atoms with Crippen LogP contribution in [0.1, 0.15) is 23.5 Å². The van der Waals surface area contributed by atoms with Crippen molar-refractivity contribution in [2.75, 3.05) is 6.54 Å². The molecule has 0 aliphatic carbocycles. The van der Waals surface area contributed by atoms with Gasteiger partial charge in [0.05, 0.1) is 10.3 Å². The number of carboxylic acid groups (broad SMARTS) is 1. The van der Waals surface area contributed by atoms with Crippen LogP contribution in [0.15, 0.2) is 24.3 Å². The van der Waals surface area contributed by atoms with Crippen molar-refractivity contribution in [3.05, 3.63) is 35.0 Å². The van der Waals surface area contributed by atoms with Crippen molar-refractivity contribution in [2.24, 2.45) is 5.41 Å². The Labute approximate surface area is 119 Å². The van der Waals surface area contributed by atoms with Crippen LogP contribution >= 0.6 is 11.3 Å². The summed E-state index contributed by atoms with van der Waals surface area (Å²) in [6.45, 7) is 3.11. The predicted octanol–water partition coefficient (Wildman–Crippen LogP) is 2.88. The van der Waals surface area contributed by atoms with Gasteiger partial charge >= 0.3 is 5.97 Å². The van der Waals surface area contributed by atoms with Gasteiger partial charge in [-0.3, -0.25) is 9.59 Å². The van der Waals surface area contributed by atoms with E-state index < -0.39 is 11.4 Å². The number of thiophene rings is 1. The number of fused-ring (bicyclic) bond motifs is 1. The molecule has 0 aliphatic rings. The molecule has 0 saturated heterocycles. The minimum absolute atomic E-state index is 0.0315.